The number of imidazole rings is 1. The highest BCUT2D eigenvalue weighted by Crippen LogP contribution is 2.24. The van der Waals surface area contributed by atoms with Gasteiger partial charge in [0.1, 0.15) is 5.69 Å². The quantitative estimate of drug-likeness (QED) is 0.506. The molecule has 0 unspecified atom stereocenters. The van der Waals surface area contributed by atoms with Gasteiger partial charge in [0.15, 0.2) is 10.5 Å². The molecular formula is C20H14N4O2S. The third kappa shape index (κ3) is 2.98. The molecule has 0 saturated heterocycles. The van der Waals surface area contributed by atoms with Gasteiger partial charge in [-0.05, 0) is 24.3 Å². The second-order valence-electron chi connectivity index (χ2n) is 6.15. The second kappa shape index (κ2) is 6.37. The molecule has 3 heterocycles. The van der Waals surface area contributed by atoms with Crippen LogP contribution in [-0.2, 0) is 11.2 Å². The lowest BCUT2D eigenvalue weighted by atomic mass is 10.1. The Hall–Kier alpha value is -3.45. The maximum absolute atomic E-state index is 12.5. The summed E-state index contributed by atoms with van der Waals surface area (Å²) in [6.45, 7) is 0. The molecule has 27 heavy (non-hydrogen) atoms. The van der Waals surface area contributed by atoms with E-state index in [1.807, 2.05) is 70.7 Å². The Balaban J connectivity index is 1.36. The number of aromatic nitrogens is 3. The van der Waals surface area contributed by atoms with Crippen LogP contribution >= 0.6 is 11.3 Å². The molecule has 0 aliphatic heterocycles. The van der Waals surface area contributed by atoms with Crippen LogP contribution in [0.4, 0.5) is 5.69 Å². The van der Waals surface area contributed by atoms with Gasteiger partial charge in [0.2, 0.25) is 5.91 Å². The summed E-state index contributed by atoms with van der Waals surface area (Å²) < 4.78 is 7.25. The average Bonchev–Trinajstić information content (AvgIpc) is 3.37. The largest absolute Gasteiger partial charge is 0.356 e. The lowest BCUT2D eigenvalue weighted by molar-refractivity contribution is -0.115. The van der Waals surface area contributed by atoms with E-state index in [0.717, 1.165) is 27.3 Å². The number of thiazole rings is 1. The molecule has 1 amide bonds. The van der Waals surface area contributed by atoms with E-state index in [9.17, 15) is 4.79 Å². The van der Waals surface area contributed by atoms with E-state index in [-0.39, 0.29) is 12.3 Å². The van der Waals surface area contributed by atoms with Crippen molar-refractivity contribution < 1.29 is 9.32 Å². The molecular weight excluding hydrogens is 360 g/mol. The average molecular weight is 374 g/mol. The van der Waals surface area contributed by atoms with Gasteiger partial charge in [0.05, 0.1) is 12.1 Å². The maximum Gasteiger partial charge on any atom is 0.230 e. The van der Waals surface area contributed by atoms with Crippen molar-refractivity contribution in [2.45, 2.75) is 6.42 Å². The molecule has 132 valence electrons. The molecule has 1 N–H and O–H groups in total. The summed E-state index contributed by atoms with van der Waals surface area (Å²) in [5, 5.41) is 9.80. The summed E-state index contributed by atoms with van der Waals surface area (Å²) in [5.74, 6) is -0.142. The van der Waals surface area contributed by atoms with E-state index < -0.39 is 0 Å². The van der Waals surface area contributed by atoms with Crippen molar-refractivity contribution in [2.75, 3.05) is 5.32 Å². The zero-order valence-corrected chi connectivity index (χ0v) is 14.9. The topological polar surface area (TPSA) is 72.4 Å². The normalized spacial score (nSPS) is 11.3. The number of hydrogen-bond acceptors (Lipinski definition) is 5. The third-order valence-electron chi connectivity index (χ3n) is 4.32. The minimum Gasteiger partial charge on any atom is -0.356 e. The predicted octanol–water partition coefficient (Wildman–Crippen LogP) is 4.39. The van der Waals surface area contributed by atoms with Crippen molar-refractivity contribution in [1.29, 1.82) is 0 Å². The minimum absolute atomic E-state index is 0.142. The van der Waals surface area contributed by atoms with E-state index in [1.165, 1.54) is 0 Å². The van der Waals surface area contributed by atoms with Gasteiger partial charge in [0, 0.05) is 34.4 Å². The molecule has 0 spiro atoms. The van der Waals surface area contributed by atoms with Crippen LogP contribution in [0.3, 0.4) is 0 Å². The minimum atomic E-state index is -0.142. The van der Waals surface area contributed by atoms with Crippen LogP contribution in [0.25, 0.3) is 27.2 Å². The van der Waals surface area contributed by atoms with E-state index in [2.05, 4.69) is 15.5 Å². The number of hydrogen-bond donors (Lipinski definition) is 1. The Morgan fingerprint density at radius 3 is 3.04 bits per heavy atom. The first kappa shape index (κ1) is 15.8. The van der Waals surface area contributed by atoms with Crippen LogP contribution < -0.4 is 5.32 Å². The van der Waals surface area contributed by atoms with E-state index in [1.54, 1.807) is 11.3 Å². The molecule has 0 fully saturated rings. The Bertz CT molecular complexity index is 1240. The van der Waals surface area contributed by atoms with E-state index >= 15 is 0 Å². The number of nitrogens with zero attached hydrogens (tertiary/aromatic N) is 3. The van der Waals surface area contributed by atoms with Gasteiger partial charge in [-0.15, -0.1) is 11.3 Å². The maximum atomic E-state index is 12.5. The Morgan fingerprint density at radius 2 is 2.11 bits per heavy atom. The number of benzene rings is 2. The zero-order valence-electron chi connectivity index (χ0n) is 14.1. The van der Waals surface area contributed by atoms with Gasteiger partial charge in [-0.3, -0.25) is 9.20 Å². The lowest BCUT2D eigenvalue weighted by Crippen LogP contribution is -2.14. The number of fused-ring (bicyclic) bond motifs is 2. The summed E-state index contributed by atoms with van der Waals surface area (Å²) >= 11 is 1.59. The fraction of sp³-hybridized carbons (Fsp3) is 0.0500. The van der Waals surface area contributed by atoms with Gasteiger partial charge >= 0.3 is 0 Å². The summed E-state index contributed by atoms with van der Waals surface area (Å²) in [5.41, 5.74) is 3.87. The van der Waals surface area contributed by atoms with Gasteiger partial charge in [-0.2, -0.15) is 0 Å². The van der Waals surface area contributed by atoms with Gasteiger partial charge < -0.3 is 9.84 Å². The summed E-state index contributed by atoms with van der Waals surface area (Å²) in [7, 11) is 0. The van der Waals surface area contributed by atoms with E-state index in [4.69, 9.17) is 4.52 Å². The Labute approximate surface area is 158 Å². The lowest BCUT2D eigenvalue weighted by Gasteiger charge is -2.06. The molecule has 3 aromatic heterocycles. The third-order valence-corrected chi connectivity index (χ3v) is 5.09. The molecule has 0 aliphatic rings. The molecule has 5 aromatic rings. The Morgan fingerprint density at radius 1 is 1.19 bits per heavy atom. The number of nitrogens with one attached hydrogen (secondary N) is 1. The standard InChI is InChI=1S/C20H14N4O2S/c25-19(11-16-15-6-1-2-7-18(15)26-23-16)21-14-5-3-4-13(10-14)17-12-24-8-9-27-20(24)22-17/h1-10,12H,11H2,(H,21,25). The van der Waals surface area contributed by atoms with Crippen LogP contribution in [0.15, 0.2) is 70.8 Å². The van der Waals surface area contributed by atoms with Crippen LogP contribution in [0.1, 0.15) is 5.69 Å². The summed E-state index contributed by atoms with van der Waals surface area (Å²) in [6.07, 6.45) is 4.11. The molecule has 0 radical (unpaired) electrons. The number of amides is 1. The van der Waals surface area contributed by atoms with E-state index in [0.29, 0.717) is 11.3 Å². The van der Waals surface area contributed by atoms with Crippen molar-refractivity contribution in [3.05, 3.63) is 72.0 Å². The molecule has 5 rings (SSSR count). The first-order chi connectivity index (χ1) is 13.3. The van der Waals surface area contributed by atoms with Crippen LogP contribution in [0.2, 0.25) is 0 Å². The first-order valence-electron chi connectivity index (χ1n) is 8.42. The number of carbonyl (C=O) groups excluding carboxylic acids is 1. The molecule has 0 saturated carbocycles. The predicted molar refractivity (Wildman–Crippen MR) is 105 cm³/mol. The zero-order chi connectivity index (χ0) is 18.2. The van der Waals surface area contributed by atoms with Crippen LogP contribution in [0, 0.1) is 0 Å². The first-order valence-corrected chi connectivity index (χ1v) is 9.30. The number of rotatable bonds is 4. The molecule has 0 aliphatic carbocycles. The second-order valence-corrected chi connectivity index (χ2v) is 7.02. The van der Waals surface area contributed by atoms with Gasteiger partial charge in [0.25, 0.3) is 0 Å². The van der Waals surface area contributed by atoms with Crippen molar-refractivity contribution in [2.24, 2.45) is 0 Å². The van der Waals surface area contributed by atoms with Crippen molar-refractivity contribution in [3.63, 3.8) is 0 Å². The molecule has 0 atom stereocenters. The monoisotopic (exact) mass is 374 g/mol. The highest BCUT2D eigenvalue weighted by Gasteiger charge is 2.13. The highest BCUT2D eigenvalue weighted by atomic mass is 32.1. The number of anilines is 1. The number of para-hydroxylation sites is 1. The highest BCUT2D eigenvalue weighted by molar-refractivity contribution is 7.15. The SMILES string of the molecule is O=C(Cc1noc2ccccc12)Nc1cccc(-c2cn3ccsc3n2)c1. The van der Waals surface area contributed by atoms with Crippen molar-refractivity contribution in [1.82, 2.24) is 14.5 Å². The molecule has 0 bridgehead atoms. The van der Waals surface area contributed by atoms with Crippen molar-refractivity contribution in [3.8, 4) is 11.3 Å². The fourth-order valence-electron chi connectivity index (χ4n) is 3.05. The summed E-state index contributed by atoms with van der Waals surface area (Å²) in [4.78, 5) is 18.0. The molecule has 6 nitrogen and oxygen atoms in total. The van der Waals surface area contributed by atoms with Gasteiger partial charge in [-0.25, -0.2) is 4.98 Å². The molecule has 7 heteroatoms. The fourth-order valence-corrected chi connectivity index (χ4v) is 3.75. The Kier molecular flexibility index (Phi) is 3.72. The van der Waals surface area contributed by atoms with Crippen LogP contribution in [0.5, 0.6) is 0 Å². The molecule has 2 aromatic carbocycles. The van der Waals surface area contributed by atoms with Crippen LogP contribution in [-0.4, -0.2) is 20.4 Å². The number of carbonyl (C=O) groups is 1. The van der Waals surface area contributed by atoms with Gasteiger partial charge in [-0.1, -0.05) is 29.4 Å². The summed E-state index contributed by atoms with van der Waals surface area (Å²) in [6, 6.07) is 15.2. The smallest absolute Gasteiger partial charge is 0.230 e. The van der Waals surface area contributed by atoms with Crippen molar-refractivity contribution >= 4 is 38.9 Å².